The fraction of sp³-hybridized carbons (Fsp3) is 1.00. The highest BCUT2D eigenvalue weighted by molar-refractivity contribution is 7.33. The van der Waals surface area contributed by atoms with Gasteiger partial charge in [0.25, 0.3) is 0 Å². The first-order chi connectivity index (χ1) is 7.12. The molecule has 0 fully saturated rings. The quantitative estimate of drug-likeness (QED) is 0.788. The van der Waals surface area contributed by atoms with E-state index in [0.717, 1.165) is 0 Å². The largest absolute Gasteiger partial charge is 0.364 e. The van der Waals surface area contributed by atoms with Gasteiger partial charge < -0.3 is 4.65 Å². The Hall–Kier alpha value is 0.828. The average Bonchev–Trinajstić information content (AvgIpc) is 1.65. The van der Waals surface area contributed by atoms with Gasteiger partial charge in [0.2, 0.25) is 0 Å². The van der Waals surface area contributed by atoms with Gasteiger partial charge in [-0.2, -0.15) is 0 Å². The molecule has 104 valence electrons. The van der Waals surface area contributed by atoms with Crippen LogP contribution in [-0.4, -0.2) is 33.6 Å². The zero-order valence-electron chi connectivity index (χ0n) is 13.9. The molecule has 17 heavy (non-hydrogen) atoms. The Morgan fingerprint density at radius 2 is 0.882 bits per heavy atom. The van der Waals surface area contributed by atoms with Crippen LogP contribution in [0.1, 0.15) is 41.5 Å². The molecule has 0 aromatic carbocycles. The van der Waals surface area contributed by atoms with Crippen molar-refractivity contribution in [1.82, 2.24) is 4.65 Å². The molecule has 0 unspecified atom stereocenters. The lowest BCUT2D eigenvalue weighted by Gasteiger charge is -2.40. The molecule has 0 saturated heterocycles. The predicted octanol–water partition coefficient (Wildman–Crippen LogP) is 2.75. The summed E-state index contributed by atoms with van der Waals surface area (Å²) in [4.78, 5) is 0. The fourth-order valence-corrected chi connectivity index (χ4v) is 45.4. The van der Waals surface area contributed by atoms with E-state index in [-0.39, 0.29) is 18.1 Å². The molecule has 1 nitrogen and oxygen atoms in total. The molecule has 0 atom stereocenters. The van der Waals surface area contributed by atoms with Crippen molar-refractivity contribution in [3.63, 3.8) is 0 Å². The second-order valence-corrected chi connectivity index (χ2v) is 35.6. The molecule has 0 heterocycles. The van der Waals surface area contributed by atoms with Gasteiger partial charge in [0.15, 0.2) is 0 Å². The van der Waals surface area contributed by atoms with E-state index >= 15 is 0 Å². The smallest absolute Gasteiger partial charge is 0.0955 e. The van der Waals surface area contributed by atoms with Crippen LogP contribution in [0.5, 0.6) is 0 Å². The molecule has 0 aliphatic carbocycles. The second-order valence-electron chi connectivity index (χ2n) is 9.37. The highest BCUT2D eigenvalue weighted by Crippen LogP contribution is 2.27. The number of rotatable bonds is 4. The molecule has 0 aliphatic rings. The molecule has 0 bridgehead atoms. The predicted molar refractivity (Wildman–Crippen MR) is 94.6 cm³/mol. The lowest BCUT2D eigenvalue weighted by molar-refractivity contribution is 0.759. The SMILES string of the molecule is CC(C)(C)[SiH2][Si](C)(C)N[Si](C)(C)[SiH2]C(C)(C)C. The van der Waals surface area contributed by atoms with Gasteiger partial charge in [-0.25, -0.2) is 0 Å². The zero-order valence-corrected chi connectivity index (χ0v) is 18.7. The third-order valence-electron chi connectivity index (χ3n) is 2.62. The summed E-state index contributed by atoms with van der Waals surface area (Å²) in [6, 6.07) is 0. The Labute approximate surface area is 116 Å². The van der Waals surface area contributed by atoms with Crippen LogP contribution in [0.25, 0.3) is 0 Å². The molecule has 0 amide bonds. The Bertz CT molecular complexity index is 222. The van der Waals surface area contributed by atoms with E-state index in [0.29, 0.717) is 10.1 Å². The first-order valence-corrected chi connectivity index (χ1v) is 19.0. The minimum atomic E-state index is -1.09. The third kappa shape index (κ3) is 10.4. The van der Waals surface area contributed by atoms with Crippen molar-refractivity contribution < 1.29 is 0 Å². The van der Waals surface area contributed by atoms with Gasteiger partial charge >= 0.3 is 0 Å². The molecule has 0 aromatic rings. The Morgan fingerprint density at radius 3 is 1.06 bits per heavy atom. The maximum Gasteiger partial charge on any atom is 0.0955 e. The summed E-state index contributed by atoms with van der Waals surface area (Å²) in [7, 11) is -2.12. The van der Waals surface area contributed by atoms with Crippen LogP contribution in [0.15, 0.2) is 0 Å². The molecule has 0 aliphatic heterocycles. The summed E-state index contributed by atoms with van der Waals surface area (Å²) < 4.78 is 4.25. The number of hydrogen-bond donors (Lipinski definition) is 1. The maximum atomic E-state index is 4.25. The number of nitrogens with one attached hydrogen (secondary N) is 1. The minimum Gasteiger partial charge on any atom is -0.364 e. The van der Waals surface area contributed by atoms with Gasteiger partial charge in [0.1, 0.15) is 0 Å². The van der Waals surface area contributed by atoms with Crippen molar-refractivity contribution in [3.05, 3.63) is 0 Å². The van der Waals surface area contributed by atoms with E-state index in [1.807, 2.05) is 0 Å². The normalized spacial score (nSPS) is 16.6. The second kappa shape index (κ2) is 5.44. The molecule has 1 N–H and O–H groups in total. The Kier molecular flexibility index (Phi) is 5.71. The van der Waals surface area contributed by atoms with Gasteiger partial charge in [0.05, 0.1) is 15.5 Å². The molecule has 0 radical (unpaired) electrons. The first kappa shape index (κ1) is 17.8. The van der Waals surface area contributed by atoms with Crippen LogP contribution in [0.2, 0.25) is 36.3 Å². The highest BCUT2D eigenvalue weighted by atomic mass is 29.2. The van der Waals surface area contributed by atoms with E-state index in [1.54, 1.807) is 0 Å². The van der Waals surface area contributed by atoms with Gasteiger partial charge in [0, 0.05) is 18.1 Å². The molecule has 0 rings (SSSR count). The lowest BCUT2D eigenvalue weighted by atomic mass is 10.3. The monoisotopic (exact) mass is 305 g/mol. The van der Waals surface area contributed by atoms with E-state index in [4.69, 9.17) is 0 Å². The highest BCUT2D eigenvalue weighted by Gasteiger charge is 2.36. The molecular weight excluding hydrogens is 270 g/mol. The molecule has 0 saturated carbocycles. The van der Waals surface area contributed by atoms with Crippen LogP contribution in [0.3, 0.4) is 0 Å². The van der Waals surface area contributed by atoms with Crippen molar-refractivity contribution in [1.29, 1.82) is 0 Å². The summed E-state index contributed by atoms with van der Waals surface area (Å²) in [5.74, 6) is 0. The fourth-order valence-electron chi connectivity index (χ4n) is 3.66. The van der Waals surface area contributed by atoms with Crippen molar-refractivity contribution in [3.8, 4) is 0 Å². The van der Waals surface area contributed by atoms with E-state index in [1.165, 1.54) is 0 Å². The zero-order chi connectivity index (χ0) is 14.1. The molecule has 0 spiro atoms. The van der Waals surface area contributed by atoms with Crippen LogP contribution in [0, 0.1) is 0 Å². The summed E-state index contributed by atoms with van der Waals surface area (Å²) in [5.41, 5.74) is 0. The van der Waals surface area contributed by atoms with Crippen molar-refractivity contribution in [2.45, 2.75) is 77.8 Å². The van der Waals surface area contributed by atoms with Crippen LogP contribution in [-0.2, 0) is 0 Å². The van der Waals surface area contributed by atoms with Gasteiger partial charge in [-0.05, 0) is 10.1 Å². The Morgan fingerprint density at radius 1 is 0.647 bits per heavy atom. The van der Waals surface area contributed by atoms with Crippen LogP contribution < -0.4 is 4.65 Å². The molecular formula is C12H35NSi4. The topological polar surface area (TPSA) is 12.0 Å². The van der Waals surface area contributed by atoms with Crippen LogP contribution in [0.4, 0.5) is 0 Å². The van der Waals surface area contributed by atoms with E-state index in [2.05, 4.69) is 72.4 Å². The first-order valence-electron chi connectivity index (χ1n) is 6.91. The minimum absolute atomic E-state index is 0.0294. The van der Waals surface area contributed by atoms with Gasteiger partial charge in [-0.1, -0.05) is 67.7 Å². The Balaban J connectivity index is 4.59. The van der Waals surface area contributed by atoms with Gasteiger partial charge in [-0.3, -0.25) is 0 Å². The van der Waals surface area contributed by atoms with E-state index in [9.17, 15) is 0 Å². The third-order valence-corrected chi connectivity index (χ3v) is 26.8. The molecule has 5 heteroatoms. The van der Waals surface area contributed by atoms with Gasteiger partial charge in [-0.15, -0.1) is 0 Å². The van der Waals surface area contributed by atoms with E-state index < -0.39 is 15.5 Å². The van der Waals surface area contributed by atoms with Crippen molar-refractivity contribution in [2.75, 3.05) is 0 Å². The summed E-state index contributed by atoms with van der Waals surface area (Å²) in [5, 5.41) is 1.22. The number of hydrogen-bond acceptors (Lipinski definition) is 1. The molecule has 0 aromatic heterocycles. The van der Waals surface area contributed by atoms with Crippen molar-refractivity contribution >= 4 is 33.6 Å². The lowest BCUT2D eigenvalue weighted by Crippen LogP contribution is -2.67. The summed E-state index contributed by atoms with van der Waals surface area (Å²) >= 11 is 0. The summed E-state index contributed by atoms with van der Waals surface area (Å²) in [6.07, 6.45) is 0. The van der Waals surface area contributed by atoms with Crippen molar-refractivity contribution in [2.24, 2.45) is 0 Å². The van der Waals surface area contributed by atoms with Crippen LogP contribution >= 0.6 is 0 Å². The average molecular weight is 306 g/mol. The maximum absolute atomic E-state index is 4.25. The summed E-state index contributed by atoms with van der Waals surface area (Å²) in [6.45, 7) is 24.9. The standard InChI is InChI=1S/C12H35NSi4/c1-11(2,3)14-16(7,8)13-17(9,10)15-12(4,5)6/h13H,14-15H2,1-10H3.